The Bertz CT molecular complexity index is 1160. The number of aliphatic hydroxyl groups excluding tert-OH is 1. The van der Waals surface area contributed by atoms with Crippen LogP contribution in [0.15, 0.2) is 78.6 Å². The molecule has 6 nitrogen and oxygen atoms in total. The molecule has 1 aliphatic heterocycles. The second-order valence-corrected chi connectivity index (χ2v) is 7.03. The summed E-state index contributed by atoms with van der Waals surface area (Å²) in [6, 6.07) is 14.7. The molecular formula is C24H19FN2O4. The molecule has 1 aromatic heterocycles. The van der Waals surface area contributed by atoms with E-state index in [0.717, 1.165) is 5.56 Å². The van der Waals surface area contributed by atoms with Crippen molar-refractivity contribution in [2.75, 3.05) is 7.11 Å². The number of amides is 1. The monoisotopic (exact) mass is 418 g/mol. The Morgan fingerprint density at radius 1 is 1.06 bits per heavy atom. The van der Waals surface area contributed by atoms with E-state index < -0.39 is 23.5 Å². The standard InChI is InChI=1S/C24H19FN2O4/c1-31-17-8-6-16(7-9-17)22(28)20-21(18-4-2-3-5-19(18)25)27(24(30)23(20)29)14-15-10-12-26-13-11-15/h2-13,21,28H,14H2,1H3/t21-/m0/s1. The minimum absolute atomic E-state index is 0.0610. The van der Waals surface area contributed by atoms with Crippen LogP contribution >= 0.6 is 0 Å². The van der Waals surface area contributed by atoms with E-state index in [9.17, 15) is 19.1 Å². The van der Waals surface area contributed by atoms with Gasteiger partial charge in [0.1, 0.15) is 17.3 Å². The average Bonchev–Trinajstić information content (AvgIpc) is 3.04. The van der Waals surface area contributed by atoms with Gasteiger partial charge < -0.3 is 14.7 Å². The first-order chi connectivity index (χ1) is 15.0. The van der Waals surface area contributed by atoms with Crippen molar-refractivity contribution >= 4 is 17.4 Å². The number of ether oxygens (including phenoxy) is 1. The molecule has 0 spiro atoms. The van der Waals surface area contributed by atoms with Crippen molar-refractivity contribution in [3.63, 3.8) is 0 Å². The van der Waals surface area contributed by atoms with Gasteiger partial charge in [0.05, 0.1) is 18.7 Å². The quantitative estimate of drug-likeness (QED) is 0.387. The summed E-state index contributed by atoms with van der Waals surface area (Å²) in [5.74, 6) is -2.04. The number of aliphatic hydroxyl groups is 1. The van der Waals surface area contributed by atoms with Gasteiger partial charge in [0.15, 0.2) is 0 Å². The topological polar surface area (TPSA) is 79.7 Å². The molecule has 0 radical (unpaired) electrons. The molecule has 0 saturated carbocycles. The summed E-state index contributed by atoms with van der Waals surface area (Å²) >= 11 is 0. The molecule has 0 aliphatic carbocycles. The summed E-state index contributed by atoms with van der Waals surface area (Å²) in [7, 11) is 1.51. The molecule has 1 aliphatic rings. The first-order valence-corrected chi connectivity index (χ1v) is 9.57. The molecule has 31 heavy (non-hydrogen) atoms. The number of carbonyl (C=O) groups is 2. The lowest BCUT2D eigenvalue weighted by molar-refractivity contribution is -0.140. The van der Waals surface area contributed by atoms with Gasteiger partial charge in [-0.2, -0.15) is 0 Å². The maximum atomic E-state index is 14.8. The van der Waals surface area contributed by atoms with Crippen LogP contribution in [0, 0.1) is 5.82 Å². The van der Waals surface area contributed by atoms with Gasteiger partial charge in [0, 0.05) is 30.1 Å². The molecule has 1 atom stereocenters. The summed E-state index contributed by atoms with van der Waals surface area (Å²) in [6.07, 6.45) is 3.14. The fraction of sp³-hybridized carbons (Fsp3) is 0.125. The fourth-order valence-electron chi connectivity index (χ4n) is 3.65. The first kappa shape index (κ1) is 20.3. The van der Waals surface area contributed by atoms with Gasteiger partial charge in [-0.05, 0) is 48.0 Å². The maximum absolute atomic E-state index is 14.8. The third kappa shape index (κ3) is 3.77. The highest BCUT2D eigenvalue weighted by molar-refractivity contribution is 6.46. The minimum Gasteiger partial charge on any atom is -0.507 e. The van der Waals surface area contributed by atoms with Crippen LogP contribution in [0.1, 0.15) is 22.7 Å². The van der Waals surface area contributed by atoms with E-state index in [-0.39, 0.29) is 23.4 Å². The lowest BCUT2D eigenvalue weighted by Crippen LogP contribution is -2.29. The Morgan fingerprint density at radius 3 is 2.39 bits per heavy atom. The number of ketones is 1. The highest BCUT2D eigenvalue weighted by Gasteiger charge is 2.46. The number of benzene rings is 2. The predicted molar refractivity (Wildman–Crippen MR) is 111 cm³/mol. The molecular weight excluding hydrogens is 399 g/mol. The summed E-state index contributed by atoms with van der Waals surface area (Å²) in [5, 5.41) is 11.0. The van der Waals surface area contributed by atoms with Crippen LogP contribution in [0.4, 0.5) is 4.39 Å². The zero-order valence-corrected chi connectivity index (χ0v) is 16.7. The van der Waals surface area contributed by atoms with E-state index in [0.29, 0.717) is 11.3 Å². The number of rotatable bonds is 5. The molecule has 3 aromatic rings. The van der Waals surface area contributed by atoms with Crippen LogP contribution in [0.5, 0.6) is 5.75 Å². The van der Waals surface area contributed by atoms with Crippen LogP contribution in [0.3, 0.4) is 0 Å². The molecule has 156 valence electrons. The van der Waals surface area contributed by atoms with Crippen molar-refractivity contribution in [3.8, 4) is 5.75 Å². The summed E-state index contributed by atoms with van der Waals surface area (Å²) in [4.78, 5) is 31.1. The second kappa shape index (κ2) is 8.39. The van der Waals surface area contributed by atoms with Gasteiger partial charge in [0.25, 0.3) is 11.7 Å². The molecule has 2 aromatic carbocycles. The fourth-order valence-corrected chi connectivity index (χ4v) is 3.65. The van der Waals surface area contributed by atoms with Gasteiger partial charge in [-0.3, -0.25) is 14.6 Å². The number of carbonyl (C=O) groups excluding carboxylic acids is 2. The Hall–Kier alpha value is -4.00. The molecule has 4 rings (SSSR count). The number of likely N-dealkylation sites (tertiary alicyclic amines) is 1. The van der Waals surface area contributed by atoms with E-state index in [1.807, 2.05) is 0 Å². The molecule has 2 heterocycles. The van der Waals surface area contributed by atoms with Crippen LogP contribution in [0.25, 0.3) is 5.76 Å². The largest absolute Gasteiger partial charge is 0.507 e. The Kier molecular flexibility index (Phi) is 5.49. The third-order valence-electron chi connectivity index (χ3n) is 5.21. The number of halogens is 1. The van der Waals surface area contributed by atoms with E-state index in [1.54, 1.807) is 54.9 Å². The SMILES string of the molecule is COc1ccc(C(O)=C2C(=O)C(=O)N(Cc3ccncc3)[C@H]2c2ccccc2F)cc1. The zero-order valence-electron chi connectivity index (χ0n) is 16.7. The van der Waals surface area contributed by atoms with Crippen LogP contribution < -0.4 is 4.74 Å². The van der Waals surface area contributed by atoms with Gasteiger partial charge in [-0.25, -0.2) is 4.39 Å². The number of hydrogen-bond donors (Lipinski definition) is 1. The van der Waals surface area contributed by atoms with Gasteiger partial charge in [0.2, 0.25) is 0 Å². The van der Waals surface area contributed by atoms with E-state index in [1.165, 1.54) is 30.2 Å². The van der Waals surface area contributed by atoms with Crippen LogP contribution in [-0.4, -0.2) is 33.8 Å². The van der Waals surface area contributed by atoms with Gasteiger partial charge >= 0.3 is 0 Å². The number of aromatic nitrogens is 1. The van der Waals surface area contributed by atoms with Crippen LogP contribution in [0.2, 0.25) is 0 Å². The lowest BCUT2D eigenvalue weighted by atomic mass is 9.94. The number of pyridine rings is 1. The number of nitrogens with zero attached hydrogens (tertiary/aromatic N) is 2. The molecule has 0 bridgehead atoms. The minimum atomic E-state index is -1.07. The van der Waals surface area contributed by atoms with E-state index >= 15 is 0 Å². The Morgan fingerprint density at radius 2 is 1.74 bits per heavy atom. The normalized spacial score (nSPS) is 17.7. The van der Waals surface area contributed by atoms with E-state index in [2.05, 4.69) is 4.98 Å². The molecule has 0 unspecified atom stereocenters. The summed E-state index contributed by atoms with van der Waals surface area (Å²) in [6.45, 7) is 0.0610. The third-order valence-corrected chi connectivity index (χ3v) is 5.21. The average molecular weight is 418 g/mol. The maximum Gasteiger partial charge on any atom is 0.295 e. The molecule has 1 saturated heterocycles. The highest BCUT2D eigenvalue weighted by Crippen LogP contribution is 2.41. The van der Waals surface area contributed by atoms with Gasteiger partial charge in [-0.1, -0.05) is 18.2 Å². The molecule has 1 N–H and O–H groups in total. The van der Waals surface area contributed by atoms with Crippen molar-refractivity contribution in [2.24, 2.45) is 0 Å². The van der Waals surface area contributed by atoms with E-state index in [4.69, 9.17) is 4.74 Å². The van der Waals surface area contributed by atoms with Crippen molar-refractivity contribution in [3.05, 3.63) is 101 Å². The molecule has 1 amide bonds. The number of Topliss-reactive ketones (excluding diaryl/α,β-unsaturated/α-hetero) is 1. The highest BCUT2D eigenvalue weighted by atomic mass is 19.1. The Balaban J connectivity index is 1.86. The lowest BCUT2D eigenvalue weighted by Gasteiger charge is -2.25. The van der Waals surface area contributed by atoms with Crippen molar-refractivity contribution < 1.29 is 23.8 Å². The van der Waals surface area contributed by atoms with Crippen molar-refractivity contribution in [2.45, 2.75) is 12.6 Å². The van der Waals surface area contributed by atoms with Crippen molar-refractivity contribution in [1.82, 2.24) is 9.88 Å². The smallest absolute Gasteiger partial charge is 0.295 e. The number of hydrogen-bond acceptors (Lipinski definition) is 5. The molecule has 1 fully saturated rings. The Labute approximate surface area is 178 Å². The summed E-state index contributed by atoms with van der Waals surface area (Å²) < 4.78 is 19.9. The zero-order chi connectivity index (χ0) is 22.0. The number of methoxy groups -OCH3 is 1. The van der Waals surface area contributed by atoms with Crippen LogP contribution in [-0.2, 0) is 16.1 Å². The van der Waals surface area contributed by atoms with Gasteiger partial charge in [-0.15, -0.1) is 0 Å². The molecule has 7 heteroatoms. The first-order valence-electron chi connectivity index (χ1n) is 9.57. The summed E-state index contributed by atoms with van der Waals surface area (Å²) in [5.41, 5.74) is 1.02. The van der Waals surface area contributed by atoms with Crippen molar-refractivity contribution in [1.29, 1.82) is 0 Å². The predicted octanol–water partition coefficient (Wildman–Crippen LogP) is 3.85. The second-order valence-electron chi connectivity index (χ2n) is 7.03.